The number of esters is 1. The molecule has 1 amide bonds. The standard InChI is InChI=1S/C69H125N2O7P/c1-7-10-13-16-19-22-25-27-29-30-31-32-33-34-35-36-37-38-39-40-42-43-46-49-52-55-58-61-68(72)70-66(65-77-79(74,75)76-64-63-71(4,5)6)67(60-57-54-51-48-45-24-21-18-15-12-9-3)78-69(73)62-59-56-53-50-47-44-41-28-26-23-20-17-14-11-8-2/h19-20,22-23,26-29,31-32,34-35,57,60,66-67H,7-18,21,24-25,30,33,36-56,58-59,61-65H2,1-6H3,(H-,70,72,74,75)/b22-19-,23-20+,28-26+,29-27-,32-31-,35-34-,60-57-. The molecule has 0 fully saturated rings. The third-order valence-electron chi connectivity index (χ3n) is 14.3. The zero-order valence-electron chi connectivity index (χ0n) is 52.3. The number of allylic oxidation sites excluding steroid dienone is 13. The summed E-state index contributed by atoms with van der Waals surface area (Å²) >= 11 is 0. The summed E-state index contributed by atoms with van der Waals surface area (Å²) in [5.41, 5.74) is 0. The Kier molecular flexibility index (Phi) is 56.3. The van der Waals surface area contributed by atoms with Crippen LogP contribution in [0.15, 0.2) is 85.1 Å². The molecular formula is C69H125N2O7P. The Balaban J connectivity index is 5.06. The van der Waals surface area contributed by atoms with E-state index < -0.39 is 26.6 Å². The van der Waals surface area contributed by atoms with E-state index >= 15 is 0 Å². The van der Waals surface area contributed by atoms with E-state index in [0.717, 1.165) is 103 Å². The molecule has 0 aliphatic carbocycles. The maximum atomic E-state index is 13.6. The van der Waals surface area contributed by atoms with Crippen molar-refractivity contribution in [3.05, 3.63) is 85.1 Å². The number of phosphoric acid groups is 1. The van der Waals surface area contributed by atoms with Crippen LogP contribution in [0.1, 0.15) is 290 Å². The van der Waals surface area contributed by atoms with Gasteiger partial charge in [0.2, 0.25) is 5.91 Å². The molecule has 10 heteroatoms. The number of nitrogens with one attached hydrogen (secondary N) is 1. The Bertz CT molecular complexity index is 1630. The van der Waals surface area contributed by atoms with E-state index in [-0.39, 0.29) is 24.9 Å². The molecule has 0 bridgehead atoms. The third kappa shape index (κ3) is 59.6. The first-order valence-electron chi connectivity index (χ1n) is 32.9. The van der Waals surface area contributed by atoms with Crippen LogP contribution in [0.2, 0.25) is 0 Å². The van der Waals surface area contributed by atoms with Gasteiger partial charge in [0.05, 0.1) is 33.8 Å². The fourth-order valence-electron chi connectivity index (χ4n) is 9.20. The fraction of sp³-hybridized carbons (Fsp3) is 0.768. The molecule has 3 atom stereocenters. The fourth-order valence-corrected chi connectivity index (χ4v) is 9.93. The molecule has 0 aromatic rings. The molecule has 0 radical (unpaired) electrons. The number of amides is 1. The van der Waals surface area contributed by atoms with Gasteiger partial charge in [0.25, 0.3) is 7.82 Å². The van der Waals surface area contributed by atoms with Crippen molar-refractivity contribution in [1.29, 1.82) is 0 Å². The molecule has 458 valence electrons. The first kappa shape index (κ1) is 76.2. The summed E-state index contributed by atoms with van der Waals surface area (Å²) in [6, 6.07) is -0.898. The normalized spacial score (nSPS) is 14.2. The van der Waals surface area contributed by atoms with Crippen molar-refractivity contribution in [2.45, 2.75) is 303 Å². The molecule has 0 saturated heterocycles. The molecule has 0 aromatic heterocycles. The highest BCUT2D eigenvalue weighted by Gasteiger charge is 2.27. The number of carbonyl (C=O) groups excluding carboxylic acids is 2. The number of nitrogens with zero attached hydrogens (tertiary/aromatic N) is 1. The van der Waals surface area contributed by atoms with Crippen molar-refractivity contribution in [1.82, 2.24) is 5.32 Å². The van der Waals surface area contributed by atoms with Crippen LogP contribution >= 0.6 is 7.82 Å². The van der Waals surface area contributed by atoms with Crippen molar-refractivity contribution >= 4 is 19.7 Å². The number of carbonyl (C=O) groups is 2. The van der Waals surface area contributed by atoms with Gasteiger partial charge >= 0.3 is 5.97 Å². The zero-order chi connectivity index (χ0) is 57.9. The molecule has 0 aliphatic rings. The van der Waals surface area contributed by atoms with Crippen molar-refractivity contribution < 1.29 is 37.3 Å². The van der Waals surface area contributed by atoms with Crippen LogP contribution in [0.4, 0.5) is 0 Å². The number of rotatable bonds is 59. The quantitative estimate of drug-likeness (QED) is 0.0161. The lowest BCUT2D eigenvalue weighted by Gasteiger charge is -2.30. The second-order valence-electron chi connectivity index (χ2n) is 23.3. The number of unbranched alkanes of at least 4 members (excludes halogenated alkanes) is 32. The second kappa shape index (κ2) is 58.4. The highest BCUT2D eigenvalue weighted by atomic mass is 31.2. The molecule has 0 spiro atoms. The Morgan fingerprint density at radius 2 is 0.810 bits per heavy atom. The van der Waals surface area contributed by atoms with Crippen LogP contribution in [0.3, 0.4) is 0 Å². The van der Waals surface area contributed by atoms with Crippen LogP contribution in [0.5, 0.6) is 0 Å². The minimum Gasteiger partial charge on any atom is -0.756 e. The van der Waals surface area contributed by atoms with Crippen LogP contribution in [-0.2, 0) is 27.9 Å². The number of likely N-dealkylation sites (N-methyl/N-ethyl adjacent to an activating group) is 1. The van der Waals surface area contributed by atoms with E-state index in [1.807, 2.05) is 33.3 Å². The number of hydrogen-bond donors (Lipinski definition) is 1. The molecule has 0 aliphatic heterocycles. The van der Waals surface area contributed by atoms with Crippen molar-refractivity contribution in [3.63, 3.8) is 0 Å². The van der Waals surface area contributed by atoms with Gasteiger partial charge < -0.3 is 28.5 Å². The Morgan fingerprint density at radius 3 is 1.25 bits per heavy atom. The van der Waals surface area contributed by atoms with E-state index in [1.165, 1.54) is 148 Å². The first-order chi connectivity index (χ1) is 38.4. The molecule has 79 heavy (non-hydrogen) atoms. The van der Waals surface area contributed by atoms with E-state index in [9.17, 15) is 19.0 Å². The molecule has 0 rings (SSSR count). The maximum Gasteiger partial charge on any atom is 0.306 e. The van der Waals surface area contributed by atoms with Crippen molar-refractivity contribution in [2.24, 2.45) is 0 Å². The predicted molar refractivity (Wildman–Crippen MR) is 339 cm³/mol. The number of hydrogen-bond acceptors (Lipinski definition) is 7. The Labute approximate surface area is 488 Å². The summed E-state index contributed by atoms with van der Waals surface area (Å²) in [4.78, 5) is 40.0. The van der Waals surface area contributed by atoms with Gasteiger partial charge in [-0.05, 0) is 102 Å². The van der Waals surface area contributed by atoms with Gasteiger partial charge in [-0.15, -0.1) is 0 Å². The third-order valence-corrected chi connectivity index (χ3v) is 15.3. The van der Waals surface area contributed by atoms with Crippen LogP contribution in [-0.4, -0.2) is 69.4 Å². The lowest BCUT2D eigenvalue weighted by atomic mass is 10.0. The number of quaternary nitrogens is 1. The summed E-state index contributed by atoms with van der Waals surface area (Å²) < 4.78 is 30.3. The van der Waals surface area contributed by atoms with E-state index in [4.69, 9.17) is 13.8 Å². The summed E-state index contributed by atoms with van der Waals surface area (Å²) in [6.45, 7) is 6.78. The van der Waals surface area contributed by atoms with Crippen molar-refractivity contribution in [3.8, 4) is 0 Å². The van der Waals surface area contributed by atoms with E-state index in [2.05, 4.69) is 99.0 Å². The average molecular weight is 1130 g/mol. The summed E-state index contributed by atoms with van der Waals surface area (Å²) in [5, 5.41) is 3.03. The van der Waals surface area contributed by atoms with Gasteiger partial charge in [-0.3, -0.25) is 14.2 Å². The summed E-state index contributed by atoms with van der Waals surface area (Å²) in [5.74, 6) is -0.557. The number of ether oxygens (including phenoxy) is 1. The van der Waals surface area contributed by atoms with Gasteiger partial charge in [0, 0.05) is 12.8 Å². The van der Waals surface area contributed by atoms with Gasteiger partial charge in [-0.2, -0.15) is 0 Å². The van der Waals surface area contributed by atoms with Gasteiger partial charge in [-0.25, -0.2) is 0 Å². The SMILES string of the molecule is CCCCC/C=C\C/C=C\C/C=C\C/C=C\CCCCCCCCCCCCCC(=O)NC(COP(=O)([O-])OCC[N+](C)(C)C)C(/C=C\CCCCCCCCCCC)OC(=O)CCCCCCCC/C=C/C=C/CCCCC. The highest BCUT2D eigenvalue weighted by molar-refractivity contribution is 7.45. The van der Waals surface area contributed by atoms with E-state index in [0.29, 0.717) is 23.9 Å². The smallest absolute Gasteiger partial charge is 0.306 e. The lowest BCUT2D eigenvalue weighted by Crippen LogP contribution is -2.47. The molecule has 0 aromatic carbocycles. The lowest BCUT2D eigenvalue weighted by molar-refractivity contribution is -0.870. The zero-order valence-corrected chi connectivity index (χ0v) is 53.2. The first-order valence-corrected chi connectivity index (χ1v) is 34.4. The Morgan fingerprint density at radius 1 is 0.456 bits per heavy atom. The minimum atomic E-state index is -4.71. The second-order valence-corrected chi connectivity index (χ2v) is 24.7. The number of phosphoric ester groups is 1. The van der Waals surface area contributed by atoms with Gasteiger partial charge in [0.15, 0.2) is 0 Å². The Hall–Kier alpha value is -2.81. The molecule has 9 nitrogen and oxygen atoms in total. The van der Waals surface area contributed by atoms with Crippen LogP contribution in [0, 0.1) is 0 Å². The summed E-state index contributed by atoms with van der Waals surface area (Å²) in [6.07, 6.45) is 77.0. The van der Waals surface area contributed by atoms with Crippen LogP contribution in [0.25, 0.3) is 0 Å². The maximum absolute atomic E-state index is 13.6. The molecule has 0 heterocycles. The molecule has 0 saturated carbocycles. The molecular weight excluding hydrogens is 1000 g/mol. The minimum absolute atomic E-state index is 0.0277. The predicted octanol–water partition coefficient (Wildman–Crippen LogP) is 19.9. The summed E-state index contributed by atoms with van der Waals surface area (Å²) in [7, 11) is 1.17. The van der Waals surface area contributed by atoms with Crippen LogP contribution < -0.4 is 10.2 Å². The van der Waals surface area contributed by atoms with E-state index in [1.54, 1.807) is 0 Å². The van der Waals surface area contributed by atoms with Crippen molar-refractivity contribution in [2.75, 3.05) is 40.9 Å². The topological polar surface area (TPSA) is 114 Å². The molecule has 3 unspecified atom stereocenters. The van der Waals surface area contributed by atoms with Gasteiger partial charge in [-0.1, -0.05) is 260 Å². The molecule has 1 N–H and O–H groups in total. The highest BCUT2D eigenvalue weighted by Crippen LogP contribution is 2.38. The van der Waals surface area contributed by atoms with Gasteiger partial charge in [0.1, 0.15) is 19.3 Å². The average Bonchev–Trinajstić information content (AvgIpc) is 3.41. The largest absolute Gasteiger partial charge is 0.756 e. The monoisotopic (exact) mass is 1120 g/mol.